The molecule has 11 atom stereocenters. The van der Waals surface area contributed by atoms with E-state index in [1.807, 2.05) is 0 Å². The van der Waals surface area contributed by atoms with Gasteiger partial charge in [-0.05, 0) is 111 Å². The van der Waals surface area contributed by atoms with Gasteiger partial charge >= 0.3 is 0 Å². The second-order valence-corrected chi connectivity index (χ2v) is 13.6. The van der Waals surface area contributed by atoms with Crippen LogP contribution in [0.2, 0.25) is 0 Å². The van der Waals surface area contributed by atoms with Crippen molar-refractivity contribution < 1.29 is 25.2 Å². The SMILES string of the molecule is C[C@H](CCC(=O)NC[C@H](O)[C@@H](O)[C@H](O)CCO)C1CC[C@H]2[C@@H]3CC[C@@H]4CCCC[C@]4(C)[C@H]3CC[C@]12C. The van der Waals surface area contributed by atoms with Crippen LogP contribution in [0.25, 0.3) is 0 Å². The fourth-order valence-corrected chi connectivity index (χ4v) is 9.82. The Bertz CT molecular complexity index is 747. The van der Waals surface area contributed by atoms with Gasteiger partial charge in [0.25, 0.3) is 0 Å². The summed E-state index contributed by atoms with van der Waals surface area (Å²) >= 11 is 0. The van der Waals surface area contributed by atoms with Gasteiger partial charge in [0.1, 0.15) is 6.10 Å². The van der Waals surface area contributed by atoms with Crippen LogP contribution in [0.1, 0.15) is 104 Å². The average Bonchev–Trinajstić information content (AvgIpc) is 3.22. The molecule has 0 aromatic heterocycles. The second kappa shape index (κ2) is 11.6. The minimum atomic E-state index is -1.38. The Kier molecular flexibility index (Phi) is 9.12. The van der Waals surface area contributed by atoms with Crippen LogP contribution >= 0.6 is 0 Å². The van der Waals surface area contributed by atoms with E-state index < -0.39 is 18.3 Å². The fraction of sp³-hybridized carbons (Fsp3) is 0.967. The number of carbonyl (C=O) groups is 1. The van der Waals surface area contributed by atoms with Crippen LogP contribution in [-0.4, -0.2) is 57.8 Å². The Hall–Kier alpha value is -0.690. The number of hydrogen-bond donors (Lipinski definition) is 5. The van der Waals surface area contributed by atoms with Gasteiger partial charge in [-0.3, -0.25) is 4.79 Å². The number of fused-ring (bicyclic) bond motifs is 5. The highest BCUT2D eigenvalue weighted by Gasteiger charge is 2.60. The summed E-state index contributed by atoms with van der Waals surface area (Å²) < 4.78 is 0. The molecule has 1 unspecified atom stereocenters. The molecule has 6 nitrogen and oxygen atoms in total. The molecule has 36 heavy (non-hydrogen) atoms. The van der Waals surface area contributed by atoms with E-state index in [1.54, 1.807) is 0 Å². The minimum absolute atomic E-state index is 0.00767. The van der Waals surface area contributed by atoms with Crippen molar-refractivity contribution in [2.45, 2.75) is 123 Å². The van der Waals surface area contributed by atoms with Crippen molar-refractivity contribution in [1.82, 2.24) is 5.32 Å². The van der Waals surface area contributed by atoms with Crippen LogP contribution in [0, 0.1) is 46.3 Å². The normalized spacial score (nSPS) is 41.4. The molecular weight excluding hydrogens is 454 g/mol. The number of nitrogens with one attached hydrogen (secondary N) is 1. The number of carbonyl (C=O) groups excluding carboxylic acids is 1. The molecule has 1 amide bonds. The maximum atomic E-state index is 12.5. The summed E-state index contributed by atoms with van der Waals surface area (Å²) in [7, 11) is 0. The Morgan fingerprint density at radius 1 is 0.889 bits per heavy atom. The summed E-state index contributed by atoms with van der Waals surface area (Å²) in [6.07, 6.45) is 11.5. The molecule has 4 aliphatic carbocycles. The molecule has 0 bridgehead atoms. The van der Waals surface area contributed by atoms with Gasteiger partial charge in [-0.2, -0.15) is 0 Å². The molecule has 208 valence electrons. The zero-order valence-corrected chi connectivity index (χ0v) is 23.0. The fourth-order valence-electron chi connectivity index (χ4n) is 9.82. The van der Waals surface area contributed by atoms with Crippen molar-refractivity contribution in [3.05, 3.63) is 0 Å². The molecule has 6 heteroatoms. The quantitative estimate of drug-likeness (QED) is 0.307. The molecular formula is C30H53NO5. The third kappa shape index (κ3) is 5.39. The van der Waals surface area contributed by atoms with E-state index in [-0.39, 0.29) is 25.5 Å². The Morgan fingerprint density at radius 2 is 1.64 bits per heavy atom. The highest BCUT2D eigenvalue weighted by atomic mass is 16.4. The molecule has 0 spiro atoms. The third-order valence-electron chi connectivity index (χ3n) is 11.9. The zero-order valence-electron chi connectivity index (χ0n) is 23.0. The van der Waals surface area contributed by atoms with E-state index in [4.69, 9.17) is 5.11 Å². The first-order chi connectivity index (χ1) is 17.1. The number of rotatable bonds is 10. The molecule has 0 aromatic rings. The van der Waals surface area contributed by atoms with E-state index in [9.17, 15) is 20.1 Å². The lowest BCUT2D eigenvalue weighted by molar-refractivity contribution is -0.124. The van der Waals surface area contributed by atoms with Gasteiger partial charge in [0.2, 0.25) is 5.91 Å². The molecule has 5 N–H and O–H groups in total. The van der Waals surface area contributed by atoms with Crippen molar-refractivity contribution in [3.8, 4) is 0 Å². The first-order valence-electron chi connectivity index (χ1n) is 15.0. The molecule has 4 aliphatic rings. The maximum Gasteiger partial charge on any atom is 0.220 e. The zero-order chi connectivity index (χ0) is 26.1. The van der Waals surface area contributed by atoms with Gasteiger partial charge in [-0.15, -0.1) is 0 Å². The highest BCUT2D eigenvalue weighted by molar-refractivity contribution is 5.75. The molecule has 0 aliphatic heterocycles. The van der Waals surface area contributed by atoms with Crippen LogP contribution in [0.3, 0.4) is 0 Å². The first kappa shape index (κ1) is 28.3. The van der Waals surface area contributed by atoms with Crippen molar-refractivity contribution >= 4 is 5.91 Å². The van der Waals surface area contributed by atoms with E-state index >= 15 is 0 Å². The summed E-state index contributed by atoms with van der Waals surface area (Å²) in [6, 6.07) is 0. The Labute approximate surface area is 218 Å². The standard InChI is InChI=1S/C30H53NO5/c1-19(7-12-27(35)31-18-26(34)28(36)25(33)14-17-32)22-10-11-23-21-9-8-20-6-4-5-15-29(20,2)24(21)13-16-30(22,23)3/h19-26,28,32-34,36H,4-18H2,1-3H3,(H,31,35)/t19-,20+,21+,22?,23+,24+,25-,26+,28+,29+,30-/m1/s1. The number of aliphatic hydroxyl groups excluding tert-OH is 4. The highest BCUT2D eigenvalue weighted by Crippen LogP contribution is 2.68. The summed E-state index contributed by atoms with van der Waals surface area (Å²) in [5.74, 6) is 4.68. The van der Waals surface area contributed by atoms with Crippen molar-refractivity contribution in [1.29, 1.82) is 0 Å². The van der Waals surface area contributed by atoms with Gasteiger partial charge in [-0.1, -0.05) is 33.6 Å². The van der Waals surface area contributed by atoms with Crippen LogP contribution < -0.4 is 5.32 Å². The van der Waals surface area contributed by atoms with E-state index in [0.29, 0.717) is 29.1 Å². The largest absolute Gasteiger partial charge is 0.396 e. The van der Waals surface area contributed by atoms with E-state index in [0.717, 1.165) is 30.1 Å². The lowest BCUT2D eigenvalue weighted by Crippen LogP contribution is -2.53. The minimum Gasteiger partial charge on any atom is -0.396 e. The van der Waals surface area contributed by atoms with Crippen molar-refractivity contribution in [3.63, 3.8) is 0 Å². The average molecular weight is 508 g/mol. The van der Waals surface area contributed by atoms with Gasteiger partial charge < -0.3 is 25.7 Å². The third-order valence-corrected chi connectivity index (χ3v) is 11.9. The second-order valence-electron chi connectivity index (χ2n) is 13.6. The summed E-state index contributed by atoms with van der Waals surface area (Å²) in [4.78, 5) is 12.5. The van der Waals surface area contributed by atoms with Crippen LogP contribution in [0.4, 0.5) is 0 Å². The lowest BCUT2D eigenvalue weighted by Gasteiger charge is -2.61. The predicted molar refractivity (Wildman–Crippen MR) is 141 cm³/mol. The monoisotopic (exact) mass is 507 g/mol. The number of amides is 1. The maximum absolute atomic E-state index is 12.5. The summed E-state index contributed by atoms with van der Waals surface area (Å²) in [5, 5.41) is 41.3. The summed E-state index contributed by atoms with van der Waals surface area (Å²) in [6.45, 7) is 7.20. The van der Waals surface area contributed by atoms with Gasteiger partial charge in [0.15, 0.2) is 0 Å². The number of aliphatic hydroxyl groups is 4. The predicted octanol–water partition coefficient (Wildman–Crippen LogP) is 4.03. The molecule has 4 saturated carbocycles. The van der Waals surface area contributed by atoms with Crippen LogP contribution in [0.5, 0.6) is 0 Å². The lowest BCUT2D eigenvalue weighted by atomic mass is 9.44. The van der Waals surface area contributed by atoms with Crippen molar-refractivity contribution in [2.24, 2.45) is 46.3 Å². The first-order valence-corrected chi connectivity index (χ1v) is 15.0. The van der Waals surface area contributed by atoms with E-state index in [2.05, 4.69) is 26.1 Å². The molecule has 4 rings (SSSR count). The van der Waals surface area contributed by atoms with E-state index in [1.165, 1.54) is 64.2 Å². The molecule has 0 aromatic carbocycles. The van der Waals surface area contributed by atoms with Crippen LogP contribution in [0.15, 0.2) is 0 Å². The molecule has 0 heterocycles. The topological polar surface area (TPSA) is 110 Å². The summed E-state index contributed by atoms with van der Waals surface area (Å²) in [5.41, 5.74) is 0.981. The van der Waals surface area contributed by atoms with Gasteiger partial charge in [0.05, 0.1) is 12.2 Å². The van der Waals surface area contributed by atoms with Gasteiger partial charge in [0, 0.05) is 19.6 Å². The molecule has 4 fully saturated rings. The van der Waals surface area contributed by atoms with Crippen LogP contribution in [-0.2, 0) is 4.79 Å². The van der Waals surface area contributed by atoms with Crippen molar-refractivity contribution in [2.75, 3.05) is 13.2 Å². The Morgan fingerprint density at radius 3 is 2.39 bits per heavy atom. The van der Waals surface area contributed by atoms with Gasteiger partial charge in [-0.25, -0.2) is 0 Å². The molecule has 0 saturated heterocycles. The molecule has 0 radical (unpaired) electrons. The number of hydrogen-bond acceptors (Lipinski definition) is 5. The smallest absolute Gasteiger partial charge is 0.220 e. The Balaban J connectivity index is 1.28.